The molecule has 2 aromatic carbocycles. The predicted octanol–water partition coefficient (Wildman–Crippen LogP) is 3.05. The highest BCUT2D eigenvalue weighted by Crippen LogP contribution is 2.22. The number of benzene rings is 2. The van der Waals surface area contributed by atoms with Crippen molar-refractivity contribution in [3.63, 3.8) is 0 Å². The summed E-state index contributed by atoms with van der Waals surface area (Å²) >= 11 is 0. The van der Waals surface area contributed by atoms with E-state index in [1.165, 1.54) is 12.5 Å². The fourth-order valence-corrected chi connectivity index (χ4v) is 3.73. The van der Waals surface area contributed by atoms with Gasteiger partial charge in [0.15, 0.2) is 5.78 Å². The normalized spacial score (nSPS) is 14.6. The molecule has 0 N–H and O–H groups in total. The summed E-state index contributed by atoms with van der Waals surface area (Å²) in [5.74, 6) is 0.652. The second-order valence-electron chi connectivity index (χ2n) is 7.58. The van der Waals surface area contributed by atoms with Crippen LogP contribution in [0.1, 0.15) is 40.4 Å². The Balaban J connectivity index is 1.61. The number of hydrogen-bond acceptors (Lipinski definition) is 5. The number of nitriles is 1. The Kier molecular flexibility index (Phi) is 7.21. The lowest BCUT2D eigenvalue weighted by molar-refractivity contribution is -0.130. The largest absolute Gasteiger partial charge is 0.496 e. The van der Waals surface area contributed by atoms with Crippen molar-refractivity contribution in [2.75, 3.05) is 33.3 Å². The molecule has 1 aliphatic heterocycles. The molecule has 156 valence electrons. The number of rotatable bonds is 6. The van der Waals surface area contributed by atoms with Crippen molar-refractivity contribution < 1.29 is 14.3 Å². The van der Waals surface area contributed by atoms with Crippen LogP contribution < -0.4 is 4.74 Å². The molecular weight excluding hydrogens is 378 g/mol. The summed E-state index contributed by atoms with van der Waals surface area (Å²) < 4.78 is 5.38. The second-order valence-corrected chi connectivity index (χ2v) is 7.58. The Bertz CT molecular complexity index is 947. The molecule has 0 aromatic heterocycles. The molecule has 0 spiro atoms. The van der Waals surface area contributed by atoms with Gasteiger partial charge in [-0.3, -0.25) is 14.5 Å². The maximum Gasteiger partial charge on any atom is 0.227 e. The summed E-state index contributed by atoms with van der Waals surface area (Å²) in [5, 5.41) is 8.93. The minimum Gasteiger partial charge on any atom is -0.496 e. The van der Waals surface area contributed by atoms with Crippen LogP contribution in [0.25, 0.3) is 0 Å². The van der Waals surface area contributed by atoms with Crippen LogP contribution in [-0.2, 0) is 17.8 Å². The zero-order valence-electron chi connectivity index (χ0n) is 17.6. The predicted molar refractivity (Wildman–Crippen MR) is 114 cm³/mol. The molecule has 1 amide bonds. The minimum absolute atomic E-state index is 0.0282. The Morgan fingerprint density at radius 1 is 1.07 bits per heavy atom. The number of carbonyl (C=O) groups is 2. The highest BCUT2D eigenvalue weighted by atomic mass is 16.5. The molecule has 0 saturated carbocycles. The van der Waals surface area contributed by atoms with Crippen molar-refractivity contribution in [2.24, 2.45) is 0 Å². The molecule has 2 aromatic rings. The number of nitrogens with zero attached hydrogens (tertiary/aromatic N) is 3. The molecule has 1 heterocycles. The summed E-state index contributed by atoms with van der Waals surface area (Å²) in [4.78, 5) is 28.9. The molecule has 0 radical (unpaired) electrons. The number of carbonyl (C=O) groups excluding carboxylic acids is 2. The second kappa shape index (κ2) is 10.0. The molecule has 0 bridgehead atoms. The van der Waals surface area contributed by atoms with Crippen LogP contribution >= 0.6 is 0 Å². The van der Waals surface area contributed by atoms with E-state index in [0.29, 0.717) is 23.4 Å². The average molecular weight is 405 g/mol. The first kappa shape index (κ1) is 21.5. The van der Waals surface area contributed by atoms with Crippen molar-refractivity contribution in [2.45, 2.75) is 26.3 Å². The molecule has 6 heteroatoms. The summed E-state index contributed by atoms with van der Waals surface area (Å²) in [6.45, 7) is 5.44. The van der Waals surface area contributed by atoms with E-state index in [-0.39, 0.29) is 18.1 Å². The minimum atomic E-state index is -0.0282. The molecule has 30 heavy (non-hydrogen) atoms. The monoisotopic (exact) mass is 405 g/mol. The van der Waals surface area contributed by atoms with Crippen LogP contribution in [-0.4, -0.2) is 54.8 Å². The van der Waals surface area contributed by atoms with Crippen molar-refractivity contribution in [3.05, 3.63) is 64.7 Å². The van der Waals surface area contributed by atoms with Gasteiger partial charge in [-0.2, -0.15) is 5.26 Å². The Morgan fingerprint density at radius 2 is 1.83 bits per heavy atom. The average Bonchev–Trinajstić information content (AvgIpc) is 3.00. The third kappa shape index (κ3) is 5.46. The molecular formula is C24H27N3O3. The Morgan fingerprint density at radius 3 is 2.50 bits per heavy atom. The lowest BCUT2D eigenvalue weighted by Crippen LogP contribution is -2.36. The molecule has 1 fully saturated rings. The lowest BCUT2D eigenvalue weighted by atomic mass is 10.0. The quantitative estimate of drug-likeness (QED) is 0.691. The number of amides is 1. The molecule has 0 atom stereocenters. The van der Waals surface area contributed by atoms with E-state index < -0.39 is 0 Å². The van der Waals surface area contributed by atoms with Crippen LogP contribution in [0, 0.1) is 11.3 Å². The van der Waals surface area contributed by atoms with Gasteiger partial charge in [-0.15, -0.1) is 0 Å². The maximum absolute atomic E-state index is 12.9. The zero-order valence-corrected chi connectivity index (χ0v) is 17.6. The van der Waals surface area contributed by atoms with Crippen LogP contribution in [0.15, 0.2) is 42.5 Å². The van der Waals surface area contributed by atoms with Gasteiger partial charge in [0, 0.05) is 43.9 Å². The van der Waals surface area contributed by atoms with Crippen molar-refractivity contribution in [3.8, 4) is 11.8 Å². The smallest absolute Gasteiger partial charge is 0.227 e. The molecule has 1 aliphatic rings. The van der Waals surface area contributed by atoms with E-state index in [2.05, 4.69) is 11.0 Å². The van der Waals surface area contributed by atoms with Gasteiger partial charge < -0.3 is 9.64 Å². The van der Waals surface area contributed by atoms with E-state index in [1.54, 1.807) is 25.3 Å². The van der Waals surface area contributed by atoms with Gasteiger partial charge >= 0.3 is 0 Å². The SMILES string of the molecule is COc1ccc(C(C)=O)cc1CC(=O)N1CCCN(Cc2ccc(C#N)cc2)CC1. The standard InChI is InChI=1S/C24H27N3O3/c1-18(28)21-8-9-23(30-2)22(14-21)15-24(29)27-11-3-10-26(12-13-27)17-20-6-4-19(16-25)5-7-20/h4-9,14H,3,10-13,15,17H2,1-2H3. The van der Waals surface area contributed by atoms with E-state index >= 15 is 0 Å². The summed E-state index contributed by atoms with van der Waals surface area (Å²) in [7, 11) is 1.57. The van der Waals surface area contributed by atoms with Crippen LogP contribution in [0.2, 0.25) is 0 Å². The molecule has 0 aliphatic carbocycles. The molecule has 3 rings (SSSR count). The number of methoxy groups -OCH3 is 1. The number of ether oxygens (including phenoxy) is 1. The number of hydrogen-bond donors (Lipinski definition) is 0. The van der Waals surface area contributed by atoms with Gasteiger partial charge in [0.2, 0.25) is 5.91 Å². The van der Waals surface area contributed by atoms with Gasteiger partial charge in [-0.25, -0.2) is 0 Å². The molecule has 6 nitrogen and oxygen atoms in total. The van der Waals surface area contributed by atoms with E-state index in [4.69, 9.17) is 10.00 Å². The van der Waals surface area contributed by atoms with Crippen LogP contribution in [0.4, 0.5) is 0 Å². The van der Waals surface area contributed by atoms with Gasteiger partial charge in [0.05, 0.1) is 25.2 Å². The summed E-state index contributed by atoms with van der Waals surface area (Å²) in [6, 6.07) is 15.0. The number of Topliss-reactive ketones (excluding diaryl/α,β-unsaturated/α-hetero) is 1. The topological polar surface area (TPSA) is 73.6 Å². The van der Waals surface area contributed by atoms with Crippen molar-refractivity contribution >= 4 is 11.7 Å². The third-order valence-electron chi connectivity index (χ3n) is 5.46. The summed E-state index contributed by atoms with van der Waals surface area (Å²) in [6.07, 6.45) is 1.13. The fourth-order valence-electron chi connectivity index (χ4n) is 3.73. The third-order valence-corrected chi connectivity index (χ3v) is 5.46. The fraction of sp³-hybridized carbons (Fsp3) is 0.375. The first-order valence-electron chi connectivity index (χ1n) is 10.2. The van der Waals surface area contributed by atoms with Crippen molar-refractivity contribution in [1.29, 1.82) is 5.26 Å². The molecule has 0 unspecified atom stereocenters. The molecule has 1 saturated heterocycles. The maximum atomic E-state index is 12.9. The lowest BCUT2D eigenvalue weighted by Gasteiger charge is -2.22. The van der Waals surface area contributed by atoms with E-state index in [0.717, 1.165) is 38.2 Å². The van der Waals surface area contributed by atoms with E-state index in [1.807, 2.05) is 29.2 Å². The zero-order chi connectivity index (χ0) is 21.5. The van der Waals surface area contributed by atoms with Gasteiger partial charge in [0.1, 0.15) is 5.75 Å². The summed E-state index contributed by atoms with van der Waals surface area (Å²) in [5.41, 5.74) is 3.16. The Hall–Kier alpha value is -3.17. The number of ketones is 1. The van der Waals surface area contributed by atoms with Gasteiger partial charge in [0.25, 0.3) is 0 Å². The van der Waals surface area contributed by atoms with Gasteiger partial charge in [-0.05, 0) is 49.2 Å². The first-order chi connectivity index (χ1) is 14.5. The highest BCUT2D eigenvalue weighted by molar-refractivity contribution is 5.94. The van der Waals surface area contributed by atoms with Crippen molar-refractivity contribution in [1.82, 2.24) is 9.80 Å². The van der Waals surface area contributed by atoms with E-state index in [9.17, 15) is 9.59 Å². The Labute approximate surface area is 177 Å². The van der Waals surface area contributed by atoms with Gasteiger partial charge in [-0.1, -0.05) is 12.1 Å². The first-order valence-corrected chi connectivity index (χ1v) is 10.2. The highest BCUT2D eigenvalue weighted by Gasteiger charge is 2.21. The van der Waals surface area contributed by atoms with Crippen LogP contribution in [0.5, 0.6) is 5.75 Å². The van der Waals surface area contributed by atoms with Crippen LogP contribution in [0.3, 0.4) is 0 Å².